The highest BCUT2D eigenvalue weighted by atomic mass is 32.1. The fraction of sp³-hybridized carbons (Fsp3) is 0.312. The second-order valence-electron chi connectivity index (χ2n) is 5.82. The topological polar surface area (TPSA) is 17.1 Å². The molecule has 1 heterocycles. The SMILES string of the molecule is CC(C)(C)c1ccc(C(=O)c2cccc(C(F)(F)F)c2)s1. The van der Waals surface area contributed by atoms with E-state index in [9.17, 15) is 18.0 Å². The van der Waals surface area contributed by atoms with Gasteiger partial charge in [0.25, 0.3) is 0 Å². The van der Waals surface area contributed by atoms with Gasteiger partial charge in [0.2, 0.25) is 5.78 Å². The van der Waals surface area contributed by atoms with Gasteiger partial charge in [0.15, 0.2) is 0 Å². The second-order valence-corrected chi connectivity index (χ2v) is 6.91. The summed E-state index contributed by atoms with van der Waals surface area (Å²) in [6.45, 7) is 6.08. The molecule has 1 aromatic carbocycles. The fourth-order valence-corrected chi connectivity index (χ4v) is 2.87. The van der Waals surface area contributed by atoms with Gasteiger partial charge in [-0.15, -0.1) is 11.3 Å². The van der Waals surface area contributed by atoms with Crippen LogP contribution in [-0.4, -0.2) is 5.78 Å². The van der Waals surface area contributed by atoms with Crippen molar-refractivity contribution in [1.82, 2.24) is 0 Å². The minimum absolute atomic E-state index is 0.0622. The molecule has 1 nitrogen and oxygen atoms in total. The Hall–Kier alpha value is -1.62. The molecule has 0 unspecified atom stereocenters. The third-order valence-electron chi connectivity index (χ3n) is 3.02. The highest BCUT2D eigenvalue weighted by Gasteiger charge is 2.31. The molecule has 0 atom stereocenters. The predicted molar refractivity (Wildman–Crippen MR) is 77.9 cm³/mol. The molecule has 0 saturated heterocycles. The van der Waals surface area contributed by atoms with Gasteiger partial charge in [-0.1, -0.05) is 32.9 Å². The van der Waals surface area contributed by atoms with Crippen LogP contribution in [0.5, 0.6) is 0 Å². The molecule has 1 aromatic heterocycles. The number of alkyl halides is 3. The Bertz CT molecular complexity index is 663. The van der Waals surface area contributed by atoms with E-state index in [1.54, 1.807) is 6.07 Å². The lowest BCUT2D eigenvalue weighted by atomic mass is 9.95. The number of thiophene rings is 1. The Labute approximate surface area is 125 Å². The molecular weight excluding hydrogens is 297 g/mol. The largest absolute Gasteiger partial charge is 0.416 e. The van der Waals surface area contributed by atoms with Gasteiger partial charge in [-0.3, -0.25) is 4.79 Å². The number of carbonyl (C=O) groups is 1. The lowest BCUT2D eigenvalue weighted by molar-refractivity contribution is -0.137. The summed E-state index contributed by atoms with van der Waals surface area (Å²) in [5, 5.41) is 0. The number of hydrogen-bond acceptors (Lipinski definition) is 2. The minimum atomic E-state index is -4.44. The zero-order chi connectivity index (χ0) is 15.8. The summed E-state index contributed by atoms with van der Waals surface area (Å²) in [6.07, 6.45) is -4.44. The smallest absolute Gasteiger partial charge is 0.288 e. The van der Waals surface area contributed by atoms with Crippen LogP contribution in [0.3, 0.4) is 0 Å². The maximum Gasteiger partial charge on any atom is 0.416 e. The van der Waals surface area contributed by atoms with Gasteiger partial charge < -0.3 is 0 Å². The third-order valence-corrected chi connectivity index (χ3v) is 4.53. The lowest BCUT2D eigenvalue weighted by Crippen LogP contribution is -2.08. The Morgan fingerprint density at radius 3 is 2.24 bits per heavy atom. The normalized spacial score (nSPS) is 12.5. The number of carbonyl (C=O) groups excluding carboxylic acids is 1. The van der Waals surface area contributed by atoms with E-state index in [1.165, 1.54) is 23.5 Å². The number of halogens is 3. The van der Waals surface area contributed by atoms with Crippen molar-refractivity contribution in [3.8, 4) is 0 Å². The summed E-state index contributed by atoms with van der Waals surface area (Å²) < 4.78 is 38.1. The average molecular weight is 312 g/mol. The highest BCUT2D eigenvalue weighted by molar-refractivity contribution is 7.14. The first-order valence-corrected chi connectivity index (χ1v) is 7.23. The van der Waals surface area contributed by atoms with Crippen molar-refractivity contribution >= 4 is 17.1 Å². The highest BCUT2D eigenvalue weighted by Crippen LogP contribution is 2.32. The van der Waals surface area contributed by atoms with Gasteiger partial charge in [0.05, 0.1) is 10.4 Å². The molecule has 0 fully saturated rings. The van der Waals surface area contributed by atoms with Crippen molar-refractivity contribution in [2.45, 2.75) is 32.4 Å². The Morgan fingerprint density at radius 1 is 1.05 bits per heavy atom. The van der Waals surface area contributed by atoms with E-state index >= 15 is 0 Å². The van der Waals surface area contributed by atoms with Crippen molar-refractivity contribution in [1.29, 1.82) is 0 Å². The van der Waals surface area contributed by atoms with E-state index in [0.29, 0.717) is 4.88 Å². The van der Waals surface area contributed by atoms with Crippen molar-refractivity contribution in [2.75, 3.05) is 0 Å². The molecule has 0 aliphatic heterocycles. The second kappa shape index (κ2) is 5.30. The van der Waals surface area contributed by atoms with Gasteiger partial charge in [-0.2, -0.15) is 13.2 Å². The van der Waals surface area contributed by atoms with E-state index in [4.69, 9.17) is 0 Å². The lowest BCUT2D eigenvalue weighted by Gasteiger charge is -2.15. The molecule has 2 aromatic rings. The van der Waals surface area contributed by atoms with E-state index in [2.05, 4.69) is 0 Å². The molecule has 0 aliphatic carbocycles. The van der Waals surface area contributed by atoms with E-state index in [-0.39, 0.29) is 16.8 Å². The van der Waals surface area contributed by atoms with Crippen LogP contribution in [0, 0.1) is 0 Å². The van der Waals surface area contributed by atoms with Crippen LogP contribution in [0.15, 0.2) is 36.4 Å². The average Bonchev–Trinajstić information content (AvgIpc) is 2.86. The van der Waals surface area contributed by atoms with E-state index < -0.39 is 11.7 Å². The maximum atomic E-state index is 12.7. The van der Waals surface area contributed by atoms with Gasteiger partial charge in [0, 0.05) is 10.4 Å². The van der Waals surface area contributed by atoms with Crippen LogP contribution in [0.2, 0.25) is 0 Å². The van der Waals surface area contributed by atoms with Crippen LogP contribution in [0.1, 0.15) is 46.4 Å². The monoisotopic (exact) mass is 312 g/mol. The zero-order valence-electron chi connectivity index (χ0n) is 11.9. The number of ketones is 1. The third kappa shape index (κ3) is 3.53. The van der Waals surface area contributed by atoms with Crippen molar-refractivity contribution in [3.63, 3.8) is 0 Å². The van der Waals surface area contributed by atoms with E-state index in [1.807, 2.05) is 26.8 Å². The van der Waals surface area contributed by atoms with Crippen molar-refractivity contribution in [2.24, 2.45) is 0 Å². The summed E-state index contributed by atoms with van der Waals surface area (Å²) in [5.74, 6) is -0.374. The molecule has 112 valence electrons. The fourth-order valence-electron chi connectivity index (χ4n) is 1.84. The first-order valence-electron chi connectivity index (χ1n) is 6.41. The first-order chi connectivity index (χ1) is 9.59. The molecule has 0 bridgehead atoms. The van der Waals surface area contributed by atoms with Crippen LogP contribution < -0.4 is 0 Å². The Kier molecular flexibility index (Phi) is 3.97. The van der Waals surface area contributed by atoms with Gasteiger partial charge in [-0.05, 0) is 29.7 Å². The summed E-state index contributed by atoms with van der Waals surface area (Å²) in [6, 6.07) is 8.06. The van der Waals surface area contributed by atoms with Crippen LogP contribution in [0.4, 0.5) is 13.2 Å². The molecular formula is C16H15F3OS. The van der Waals surface area contributed by atoms with Crippen LogP contribution >= 0.6 is 11.3 Å². The van der Waals surface area contributed by atoms with Crippen molar-refractivity contribution in [3.05, 3.63) is 57.3 Å². The molecule has 0 N–H and O–H groups in total. The molecule has 5 heteroatoms. The maximum absolute atomic E-state index is 12.7. The quantitative estimate of drug-likeness (QED) is 0.688. The zero-order valence-corrected chi connectivity index (χ0v) is 12.7. The minimum Gasteiger partial charge on any atom is -0.288 e. The molecule has 0 saturated carbocycles. The molecule has 21 heavy (non-hydrogen) atoms. The molecule has 0 aliphatic rings. The van der Waals surface area contributed by atoms with Crippen LogP contribution in [0.25, 0.3) is 0 Å². The summed E-state index contributed by atoms with van der Waals surface area (Å²) in [5.41, 5.74) is -0.829. The first kappa shape index (κ1) is 15.8. The van der Waals surface area contributed by atoms with E-state index in [0.717, 1.165) is 17.0 Å². The molecule has 2 rings (SSSR count). The molecule has 0 amide bonds. The summed E-state index contributed by atoms with van der Waals surface area (Å²) in [7, 11) is 0. The van der Waals surface area contributed by atoms with Gasteiger partial charge in [-0.25, -0.2) is 0 Å². The molecule has 0 spiro atoms. The van der Waals surface area contributed by atoms with Gasteiger partial charge >= 0.3 is 6.18 Å². The Morgan fingerprint density at radius 2 is 1.71 bits per heavy atom. The van der Waals surface area contributed by atoms with Crippen LogP contribution in [-0.2, 0) is 11.6 Å². The van der Waals surface area contributed by atoms with Gasteiger partial charge in [0.1, 0.15) is 0 Å². The predicted octanol–water partition coefficient (Wildman–Crippen LogP) is 5.30. The number of benzene rings is 1. The Balaban J connectivity index is 2.35. The van der Waals surface area contributed by atoms with Crippen molar-refractivity contribution < 1.29 is 18.0 Å². The summed E-state index contributed by atoms with van der Waals surface area (Å²) in [4.78, 5) is 13.8. The number of rotatable bonds is 2. The standard InChI is InChI=1S/C16H15F3OS/c1-15(2,3)13-8-7-12(21-13)14(20)10-5-4-6-11(9-10)16(17,18)19/h4-9H,1-3H3. The number of hydrogen-bond donors (Lipinski definition) is 0. The summed E-state index contributed by atoms with van der Waals surface area (Å²) >= 11 is 1.33. The molecule has 0 radical (unpaired) electrons.